The zero-order valence-electron chi connectivity index (χ0n) is 14.4. The number of thiophene rings is 1. The topological polar surface area (TPSA) is 61.8 Å². The van der Waals surface area contributed by atoms with Gasteiger partial charge in [0.05, 0.1) is 18.6 Å². The number of carbonyl (C=O) groups excluding carboxylic acids is 2. The van der Waals surface area contributed by atoms with Gasteiger partial charge < -0.3 is 14.2 Å². The van der Waals surface area contributed by atoms with E-state index >= 15 is 0 Å². The van der Waals surface area contributed by atoms with E-state index in [0.29, 0.717) is 23.0 Å². The predicted octanol–water partition coefficient (Wildman–Crippen LogP) is 3.90. The highest BCUT2D eigenvalue weighted by Crippen LogP contribution is 2.28. The van der Waals surface area contributed by atoms with Gasteiger partial charge in [-0.1, -0.05) is 6.07 Å². The van der Waals surface area contributed by atoms with Crippen molar-refractivity contribution in [3.8, 4) is 11.5 Å². The standard InChI is InChI=1S/C19H20O5S/c1-4-23-16-8-6-14(11-17(16)22-3)7-10-19(21)24-12-15(20)18-9-5-13(2)25-18/h5-11H,4,12H2,1-3H3/b10-7+. The summed E-state index contributed by atoms with van der Waals surface area (Å²) < 4.78 is 15.7. The van der Waals surface area contributed by atoms with Gasteiger partial charge in [-0.15, -0.1) is 11.3 Å². The molecular formula is C19H20O5S. The Balaban J connectivity index is 1.92. The van der Waals surface area contributed by atoms with Crippen LogP contribution in [0.25, 0.3) is 6.08 Å². The first kappa shape index (κ1) is 18.7. The molecule has 0 amide bonds. The molecule has 0 fully saturated rings. The molecule has 2 rings (SSSR count). The first-order valence-corrected chi connectivity index (χ1v) is 8.60. The quantitative estimate of drug-likeness (QED) is 0.406. The highest BCUT2D eigenvalue weighted by molar-refractivity contribution is 7.14. The Morgan fingerprint density at radius 1 is 1.16 bits per heavy atom. The lowest BCUT2D eigenvalue weighted by Gasteiger charge is -2.09. The van der Waals surface area contributed by atoms with Gasteiger partial charge in [0.1, 0.15) is 0 Å². The normalized spacial score (nSPS) is 10.7. The Labute approximate surface area is 150 Å². The van der Waals surface area contributed by atoms with Crippen molar-refractivity contribution in [1.29, 1.82) is 0 Å². The number of ketones is 1. The van der Waals surface area contributed by atoms with Gasteiger partial charge in [-0.2, -0.15) is 0 Å². The predicted molar refractivity (Wildman–Crippen MR) is 97.5 cm³/mol. The van der Waals surface area contributed by atoms with E-state index in [9.17, 15) is 9.59 Å². The zero-order chi connectivity index (χ0) is 18.2. The summed E-state index contributed by atoms with van der Waals surface area (Å²) in [6, 6.07) is 8.93. The second-order valence-corrected chi connectivity index (χ2v) is 6.41. The molecule has 0 spiro atoms. The number of methoxy groups -OCH3 is 1. The molecule has 1 aromatic heterocycles. The molecule has 0 aliphatic rings. The van der Waals surface area contributed by atoms with E-state index in [-0.39, 0.29) is 12.4 Å². The molecule has 0 radical (unpaired) electrons. The Hall–Kier alpha value is -2.60. The molecule has 1 heterocycles. The lowest BCUT2D eigenvalue weighted by atomic mass is 10.2. The lowest BCUT2D eigenvalue weighted by Crippen LogP contribution is -2.11. The molecule has 0 bridgehead atoms. The van der Waals surface area contributed by atoms with Crippen LogP contribution in [0.5, 0.6) is 11.5 Å². The van der Waals surface area contributed by atoms with E-state index in [2.05, 4.69) is 0 Å². The molecule has 1 aromatic carbocycles. The first-order valence-electron chi connectivity index (χ1n) is 7.78. The molecule has 0 atom stereocenters. The number of benzene rings is 1. The highest BCUT2D eigenvalue weighted by Gasteiger charge is 2.10. The van der Waals surface area contributed by atoms with E-state index in [1.807, 2.05) is 19.9 Å². The molecule has 6 heteroatoms. The van der Waals surface area contributed by atoms with Crippen molar-refractivity contribution in [2.24, 2.45) is 0 Å². The molecule has 0 saturated heterocycles. The molecule has 2 aromatic rings. The van der Waals surface area contributed by atoms with Gasteiger partial charge in [0.25, 0.3) is 0 Å². The van der Waals surface area contributed by atoms with Crippen molar-refractivity contribution in [2.45, 2.75) is 13.8 Å². The summed E-state index contributed by atoms with van der Waals surface area (Å²) in [4.78, 5) is 25.3. The number of carbonyl (C=O) groups is 2. The smallest absolute Gasteiger partial charge is 0.331 e. The van der Waals surface area contributed by atoms with Gasteiger partial charge in [-0.25, -0.2) is 4.79 Å². The second kappa shape index (κ2) is 9.03. The lowest BCUT2D eigenvalue weighted by molar-refractivity contribution is -0.136. The minimum absolute atomic E-state index is 0.206. The maximum Gasteiger partial charge on any atom is 0.331 e. The van der Waals surface area contributed by atoms with Crippen molar-refractivity contribution in [3.63, 3.8) is 0 Å². The summed E-state index contributed by atoms with van der Waals surface area (Å²) in [6.07, 6.45) is 2.88. The fourth-order valence-electron chi connectivity index (χ4n) is 2.07. The Kier molecular flexibility index (Phi) is 6.77. The average Bonchev–Trinajstić information content (AvgIpc) is 3.05. The fourth-order valence-corrected chi connectivity index (χ4v) is 2.86. The molecular weight excluding hydrogens is 340 g/mol. The average molecular weight is 360 g/mol. The maximum absolute atomic E-state index is 11.9. The monoisotopic (exact) mass is 360 g/mol. The molecule has 25 heavy (non-hydrogen) atoms. The Morgan fingerprint density at radius 2 is 1.96 bits per heavy atom. The van der Waals surface area contributed by atoms with Gasteiger partial charge in [0.15, 0.2) is 18.1 Å². The summed E-state index contributed by atoms with van der Waals surface area (Å²) in [5.41, 5.74) is 0.762. The summed E-state index contributed by atoms with van der Waals surface area (Å²) in [5.74, 6) is 0.444. The summed E-state index contributed by atoms with van der Waals surface area (Å²) in [6.45, 7) is 4.08. The van der Waals surface area contributed by atoms with Crippen LogP contribution >= 0.6 is 11.3 Å². The van der Waals surface area contributed by atoms with Gasteiger partial charge in [-0.05, 0) is 49.8 Å². The summed E-state index contributed by atoms with van der Waals surface area (Å²) in [7, 11) is 1.55. The van der Waals surface area contributed by atoms with Crippen LogP contribution in [0, 0.1) is 6.92 Å². The van der Waals surface area contributed by atoms with Gasteiger partial charge in [0.2, 0.25) is 5.78 Å². The minimum atomic E-state index is -0.575. The fraction of sp³-hybridized carbons (Fsp3) is 0.263. The van der Waals surface area contributed by atoms with Crippen LogP contribution in [-0.2, 0) is 9.53 Å². The molecule has 0 aliphatic carbocycles. The SMILES string of the molecule is CCOc1ccc(/C=C/C(=O)OCC(=O)c2ccc(C)s2)cc1OC. The molecule has 0 saturated carbocycles. The number of hydrogen-bond donors (Lipinski definition) is 0. The third kappa shape index (κ3) is 5.46. The number of ether oxygens (including phenoxy) is 3. The summed E-state index contributed by atoms with van der Waals surface area (Å²) in [5, 5.41) is 0. The third-order valence-electron chi connectivity index (χ3n) is 3.26. The third-order valence-corrected chi connectivity index (χ3v) is 4.30. The van der Waals surface area contributed by atoms with Crippen LogP contribution in [0.15, 0.2) is 36.4 Å². The van der Waals surface area contributed by atoms with Gasteiger partial charge in [0, 0.05) is 11.0 Å². The largest absolute Gasteiger partial charge is 0.493 e. The number of aryl methyl sites for hydroxylation is 1. The number of rotatable bonds is 8. The van der Waals surface area contributed by atoms with Crippen LogP contribution in [0.4, 0.5) is 0 Å². The van der Waals surface area contributed by atoms with Gasteiger partial charge in [-0.3, -0.25) is 4.79 Å². The molecule has 5 nitrogen and oxygen atoms in total. The molecule has 0 aliphatic heterocycles. The van der Waals surface area contributed by atoms with Crippen molar-refractivity contribution in [1.82, 2.24) is 0 Å². The van der Waals surface area contributed by atoms with Crippen LogP contribution in [-0.4, -0.2) is 32.1 Å². The van der Waals surface area contributed by atoms with E-state index in [1.54, 1.807) is 37.5 Å². The Morgan fingerprint density at radius 3 is 2.60 bits per heavy atom. The second-order valence-electron chi connectivity index (χ2n) is 5.12. The number of Topliss-reactive ketones (excluding diaryl/α,β-unsaturated/α-hetero) is 1. The van der Waals surface area contributed by atoms with E-state index in [0.717, 1.165) is 10.4 Å². The van der Waals surface area contributed by atoms with Crippen molar-refractivity contribution >= 4 is 29.2 Å². The minimum Gasteiger partial charge on any atom is -0.493 e. The van der Waals surface area contributed by atoms with Crippen molar-refractivity contribution in [3.05, 3.63) is 51.7 Å². The van der Waals surface area contributed by atoms with E-state index in [4.69, 9.17) is 14.2 Å². The van der Waals surface area contributed by atoms with Crippen molar-refractivity contribution < 1.29 is 23.8 Å². The number of esters is 1. The maximum atomic E-state index is 11.9. The molecule has 0 N–H and O–H groups in total. The van der Waals surface area contributed by atoms with Crippen LogP contribution in [0.3, 0.4) is 0 Å². The van der Waals surface area contributed by atoms with Crippen LogP contribution in [0.2, 0.25) is 0 Å². The van der Waals surface area contributed by atoms with Crippen LogP contribution in [0.1, 0.15) is 27.0 Å². The van der Waals surface area contributed by atoms with E-state index in [1.165, 1.54) is 17.4 Å². The first-order chi connectivity index (χ1) is 12.0. The zero-order valence-corrected chi connectivity index (χ0v) is 15.2. The molecule has 0 unspecified atom stereocenters. The molecule has 132 valence electrons. The van der Waals surface area contributed by atoms with E-state index < -0.39 is 5.97 Å². The van der Waals surface area contributed by atoms with Crippen LogP contribution < -0.4 is 9.47 Å². The highest BCUT2D eigenvalue weighted by atomic mass is 32.1. The summed E-state index contributed by atoms with van der Waals surface area (Å²) >= 11 is 1.38. The number of hydrogen-bond acceptors (Lipinski definition) is 6. The van der Waals surface area contributed by atoms with Gasteiger partial charge >= 0.3 is 5.97 Å². The van der Waals surface area contributed by atoms with Crippen molar-refractivity contribution in [2.75, 3.05) is 20.3 Å². The Bertz CT molecular complexity index is 776.